The van der Waals surface area contributed by atoms with Crippen LogP contribution in [-0.2, 0) is 14.4 Å². The van der Waals surface area contributed by atoms with Gasteiger partial charge in [-0.15, -0.1) is 0 Å². The van der Waals surface area contributed by atoms with Gasteiger partial charge in [-0.05, 0) is 19.8 Å². The lowest BCUT2D eigenvalue weighted by molar-refractivity contribution is -0.139. The number of carbonyl (C=O) groups is 1. The average Bonchev–Trinajstić information content (AvgIpc) is 2.68. The lowest BCUT2D eigenvalue weighted by atomic mass is 10.3. The first-order valence-corrected chi connectivity index (χ1v) is 5.35. The van der Waals surface area contributed by atoms with Crippen molar-refractivity contribution < 1.29 is 14.4 Å². The summed E-state index contributed by atoms with van der Waals surface area (Å²) in [5.74, 6) is -0.0923. The van der Waals surface area contributed by atoms with Crippen LogP contribution >= 0.6 is 0 Å². The minimum atomic E-state index is -0.0923. The summed E-state index contributed by atoms with van der Waals surface area (Å²) < 4.78 is 5.06. The molecule has 82 valence electrons. The van der Waals surface area contributed by atoms with E-state index in [0.29, 0.717) is 19.6 Å². The molecule has 0 radical (unpaired) electrons. The van der Waals surface area contributed by atoms with Crippen molar-refractivity contribution in [1.82, 2.24) is 5.48 Å². The number of hydrogen-bond acceptors (Lipinski definition) is 3. The van der Waals surface area contributed by atoms with Crippen LogP contribution in [0, 0.1) is 0 Å². The highest BCUT2D eigenvalue weighted by Gasteiger charge is 2.16. The zero-order chi connectivity index (χ0) is 10.2. The summed E-state index contributed by atoms with van der Waals surface area (Å²) in [4.78, 5) is 16.4. The molecule has 4 heteroatoms. The molecular weight excluding hydrogens is 182 g/mol. The summed E-state index contributed by atoms with van der Waals surface area (Å²) >= 11 is 0. The second-order valence-corrected chi connectivity index (χ2v) is 3.50. The largest absolute Gasteiger partial charge is 0.381 e. The minimum Gasteiger partial charge on any atom is -0.381 e. The van der Waals surface area contributed by atoms with E-state index in [1.165, 1.54) is 12.8 Å². The third-order valence-electron chi connectivity index (χ3n) is 2.32. The Bertz CT molecular complexity index is 167. The summed E-state index contributed by atoms with van der Waals surface area (Å²) in [5.41, 5.74) is 2.46. The van der Waals surface area contributed by atoms with E-state index < -0.39 is 0 Å². The monoisotopic (exact) mass is 201 g/mol. The van der Waals surface area contributed by atoms with Crippen LogP contribution in [0.15, 0.2) is 0 Å². The second kappa shape index (κ2) is 6.79. The Morgan fingerprint density at radius 3 is 2.79 bits per heavy atom. The number of amides is 1. The zero-order valence-corrected chi connectivity index (χ0v) is 8.75. The fourth-order valence-electron chi connectivity index (χ4n) is 1.52. The van der Waals surface area contributed by atoms with E-state index in [4.69, 9.17) is 9.57 Å². The van der Waals surface area contributed by atoms with Crippen molar-refractivity contribution in [2.45, 2.75) is 45.1 Å². The Kier molecular flexibility index (Phi) is 5.56. The van der Waals surface area contributed by atoms with Crippen LogP contribution in [0.2, 0.25) is 0 Å². The first-order valence-electron chi connectivity index (χ1n) is 5.35. The van der Waals surface area contributed by atoms with Gasteiger partial charge in [-0.1, -0.05) is 12.8 Å². The van der Waals surface area contributed by atoms with Gasteiger partial charge in [0.05, 0.1) is 19.1 Å². The topological polar surface area (TPSA) is 47.6 Å². The fourth-order valence-corrected chi connectivity index (χ4v) is 1.52. The van der Waals surface area contributed by atoms with Gasteiger partial charge in [0.25, 0.3) is 0 Å². The lowest BCUT2D eigenvalue weighted by Crippen LogP contribution is -2.28. The molecule has 14 heavy (non-hydrogen) atoms. The Labute approximate surface area is 84.9 Å². The smallest absolute Gasteiger partial charge is 0.245 e. The third kappa shape index (κ3) is 4.58. The fraction of sp³-hybridized carbons (Fsp3) is 0.900. The van der Waals surface area contributed by atoms with Crippen LogP contribution in [0.4, 0.5) is 0 Å². The molecule has 0 heterocycles. The predicted molar refractivity (Wildman–Crippen MR) is 52.6 cm³/mol. The quantitative estimate of drug-likeness (QED) is 0.522. The van der Waals surface area contributed by atoms with E-state index >= 15 is 0 Å². The molecule has 0 aliphatic heterocycles. The van der Waals surface area contributed by atoms with Gasteiger partial charge in [0.2, 0.25) is 5.91 Å². The van der Waals surface area contributed by atoms with Crippen molar-refractivity contribution in [3.05, 3.63) is 0 Å². The number of rotatable bonds is 6. The molecular formula is C10H19NO3. The second-order valence-electron chi connectivity index (χ2n) is 3.50. The molecule has 4 nitrogen and oxygen atoms in total. The van der Waals surface area contributed by atoms with E-state index in [9.17, 15) is 4.79 Å². The molecule has 0 aromatic heterocycles. The summed E-state index contributed by atoms with van der Waals surface area (Å²) in [7, 11) is 0. The van der Waals surface area contributed by atoms with E-state index in [0.717, 1.165) is 12.8 Å². The third-order valence-corrected chi connectivity index (χ3v) is 2.32. The molecule has 1 fully saturated rings. The highest BCUT2D eigenvalue weighted by molar-refractivity contribution is 5.74. The van der Waals surface area contributed by atoms with Crippen molar-refractivity contribution in [1.29, 1.82) is 0 Å². The van der Waals surface area contributed by atoms with Gasteiger partial charge in [-0.3, -0.25) is 9.63 Å². The number of hydrogen-bond donors (Lipinski definition) is 1. The van der Waals surface area contributed by atoms with Crippen LogP contribution in [0.25, 0.3) is 0 Å². The first-order chi connectivity index (χ1) is 6.83. The number of nitrogens with one attached hydrogen (secondary N) is 1. The van der Waals surface area contributed by atoms with E-state index in [1.54, 1.807) is 0 Å². The molecule has 0 aromatic carbocycles. The van der Waals surface area contributed by atoms with Gasteiger partial charge < -0.3 is 4.74 Å². The summed E-state index contributed by atoms with van der Waals surface area (Å²) in [5, 5.41) is 0. The molecule has 0 bridgehead atoms. The lowest BCUT2D eigenvalue weighted by Gasteiger charge is -2.10. The molecule has 0 atom stereocenters. The highest BCUT2D eigenvalue weighted by Crippen LogP contribution is 2.19. The zero-order valence-electron chi connectivity index (χ0n) is 8.75. The molecule has 0 aromatic rings. The van der Waals surface area contributed by atoms with Gasteiger partial charge in [0.1, 0.15) is 0 Å². The Morgan fingerprint density at radius 2 is 2.14 bits per heavy atom. The maximum absolute atomic E-state index is 11.2. The molecule has 1 aliphatic rings. The van der Waals surface area contributed by atoms with Gasteiger partial charge >= 0.3 is 0 Å². The van der Waals surface area contributed by atoms with E-state index in [1.807, 2.05) is 6.92 Å². The molecule has 0 unspecified atom stereocenters. The van der Waals surface area contributed by atoms with E-state index in [2.05, 4.69) is 5.48 Å². The van der Waals surface area contributed by atoms with Gasteiger partial charge in [-0.25, -0.2) is 5.48 Å². The van der Waals surface area contributed by atoms with Gasteiger partial charge in [0.15, 0.2) is 0 Å². The van der Waals surface area contributed by atoms with Gasteiger partial charge in [-0.2, -0.15) is 0 Å². The number of hydroxylamine groups is 1. The highest BCUT2D eigenvalue weighted by atomic mass is 16.7. The summed E-state index contributed by atoms with van der Waals surface area (Å²) in [6, 6.07) is 0. The van der Waals surface area contributed by atoms with Crippen LogP contribution in [0.3, 0.4) is 0 Å². The maximum Gasteiger partial charge on any atom is 0.245 e. The Morgan fingerprint density at radius 1 is 1.43 bits per heavy atom. The van der Waals surface area contributed by atoms with Crippen molar-refractivity contribution in [2.24, 2.45) is 0 Å². The number of carbonyl (C=O) groups excluding carboxylic acids is 1. The molecule has 1 N–H and O–H groups in total. The molecule has 1 amide bonds. The Balaban J connectivity index is 1.96. The Hall–Kier alpha value is -0.610. The average molecular weight is 201 g/mol. The SMILES string of the molecule is CCOCCC(=O)NOC1CCCC1. The van der Waals surface area contributed by atoms with Crippen molar-refractivity contribution >= 4 is 5.91 Å². The summed E-state index contributed by atoms with van der Waals surface area (Å²) in [6.07, 6.45) is 5.14. The van der Waals surface area contributed by atoms with Crippen LogP contribution in [0.5, 0.6) is 0 Å². The molecule has 1 aliphatic carbocycles. The van der Waals surface area contributed by atoms with Crippen molar-refractivity contribution in [3.8, 4) is 0 Å². The normalized spacial score (nSPS) is 17.2. The van der Waals surface area contributed by atoms with Crippen LogP contribution < -0.4 is 5.48 Å². The maximum atomic E-state index is 11.2. The summed E-state index contributed by atoms with van der Waals surface area (Å²) in [6.45, 7) is 3.03. The first kappa shape index (κ1) is 11.5. The van der Waals surface area contributed by atoms with Crippen molar-refractivity contribution in [2.75, 3.05) is 13.2 Å². The van der Waals surface area contributed by atoms with Crippen LogP contribution in [0.1, 0.15) is 39.0 Å². The van der Waals surface area contributed by atoms with Gasteiger partial charge in [0, 0.05) is 6.61 Å². The molecule has 0 saturated heterocycles. The molecule has 0 spiro atoms. The number of ether oxygens (including phenoxy) is 1. The molecule has 1 rings (SSSR count). The minimum absolute atomic E-state index is 0.0923. The standard InChI is InChI=1S/C10H19NO3/c1-2-13-8-7-10(12)11-14-9-5-3-4-6-9/h9H,2-8H2,1H3,(H,11,12). The van der Waals surface area contributed by atoms with Crippen molar-refractivity contribution in [3.63, 3.8) is 0 Å². The van der Waals surface area contributed by atoms with Crippen LogP contribution in [-0.4, -0.2) is 25.2 Å². The van der Waals surface area contributed by atoms with E-state index in [-0.39, 0.29) is 12.0 Å². The molecule has 1 saturated carbocycles. The predicted octanol–water partition coefficient (Wildman–Crippen LogP) is 1.40.